The van der Waals surface area contributed by atoms with E-state index < -0.39 is 16.7 Å². The van der Waals surface area contributed by atoms with E-state index in [-0.39, 0.29) is 0 Å². The summed E-state index contributed by atoms with van der Waals surface area (Å²) in [7, 11) is 2.49. The zero-order valence-electron chi connectivity index (χ0n) is 13.6. The van der Waals surface area contributed by atoms with Gasteiger partial charge in [-0.15, -0.1) is 0 Å². The average Bonchev–Trinajstić information content (AvgIpc) is 2.96. The lowest BCUT2D eigenvalue weighted by Crippen LogP contribution is -2.08. The van der Waals surface area contributed by atoms with Crippen LogP contribution in [-0.4, -0.2) is 22.9 Å². The van der Waals surface area contributed by atoms with Gasteiger partial charge in [0.05, 0.1) is 7.11 Å². The third kappa shape index (κ3) is 2.58. The van der Waals surface area contributed by atoms with E-state index in [4.69, 9.17) is 20.7 Å². The van der Waals surface area contributed by atoms with E-state index in [0.29, 0.717) is 22.1 Å². The number of carbonyl (C=O) groups is 1. The number of ether oxygens (including phenoxy) is 1. The maximum atomic E-state index is 12.2. The number of benzene rings is 2. The lowest BCUT2D eigenvalue weighted by Gasteiger charge is -2.17. The summed E-state index contributed by atoms with van der Waals surface area (Å²) in [5.74, 6) is -0.450. The fourth-order valence-corrected chi connectivity index (χ4v) is 4.94. The molecule has 1 atom stereocenters. The average molecular weight is 372 g/mol. The monoisotopic (exact) mass is 371 g/mol. The van der Waals surface area contributed by atoms with E-state index in [1.165, 1.54) is 11.8 Å². The molecule has 1 aliphatic heterocycles. The number of rotatable bonds is 2. The second-order valence-corrected chi connectivity index (χ2v) is 7.59. The number of aryl methyl sites for hydroxylation is 1. The minimum absolute atomic E-state index is 0.353. The number of hydrogen-bond donors (Lipinski definition) is 0. The molecule has 0 bridgehead atoms. The van der Waals surface area contributed by atoms with Crippen LogP contribution in [0.4, 0.5) is 5.69 Å². The van der Waals surface area contributed by atoms with Crippen LogP contribution in [0.3, 0.4) is 0 Å². The fourth-order valence-electron chi connectivity index (χ4n) is 2.84. The number of hydrogen-bond acceptors (Lipinski definition) is 4. The van der Waals surface area contributed by atoms with Gasteiger partial charge in [-0.05, 0) is 35.0 Å². The van der Waals surface area contributed by atoms with Crippen LogP contribution < -0.4 is 0 Å². The van der Waals surface area contributed by atoms with Crippen LogP contribution in [0.1, 0.15) is 10.5 Å². The Morgan fingerprint density at radius 3 is 2.76 bits per heavy atom. The van der Waals surface area contributed by atoms with Crippen molar-refractivity contribution in [3.05, 3.63) is 59.2 Å². The molecule has 2 heterocycles. The lowest BCUT2D eigenvalue weighted by molar-refractivity contribution is 0.0589. The topological polar surface area (TPSA) is 56.5 Å². The van der Waals surface area contributed by atoms with Crippen molar-refractivity contribution in [1.29, 1.82) is 0 Å². The molecule has 0 N–H and O–H groups in total. The molecule has 5 nitrogen and oxygen atoms in total. The predicted molar refractivity (Wildman–Crippen MR) is 97.4 cm³/mol. The third-order valence-corrected chi connectivity index (χ3v) is 6.03. The van der Waals surface area contributed by atoms with Crippen LogP contribution in [0, 0.1) is 0 Å². The minimum Gasteiger partial charge on any atom is -0.464 e. The van der Waals surface area contributed by atoms with Crippen LogP contribution in [0.5, 0.6) is 0 Å². The molecular formula is C18H14ClN3O2S. The van der Waals surface area contributed by atoms with Gasteiger partial charge in [0, 0.05) is 27.4 Å². The summed E-state index contributed by atoms with van der Waals surface area (Å²) in [4.78, 5) is 14.3. The summed E-state index contributed by atoms with van der Waals surface area (Å²) < 4.78 is 11.3. The smallest absolute Gasteiger partial charge is 0.358 e. The Hall–Kier alpha value is -2.44. The van der Waals surface area contributed by atoms with Crippen molar-refractivity contribution in [2.75, 3.05) is 7.11 Å². The first kappa shape index (κ1) is 16.1. The zero-order valence-corrected chi connectivity index (χ0v) is 15.1. The Bertz CT molecular complexity index is 1040. The van der Waals surface area contributed by atoms with Crippen LogP contribution in [-0.2, 0) is 22.5 Å². The maximum absolute atomic E-state index is 12.2. The van der Waals surface area contributed by atoms with Gasteiger partial charge in [-0.1, -0.05) is 35.9 Å². The number of carbonyl (C=O) groups excluding carboxylic acids is 1. The van der Waals surface area contributed by atoms with Crippen molar-refractivity contribution < 1.29 is 9.53 Å². The van der Waals surface area contributed by atoms with E-state index >= 15 is 0 Å². The highest BCUT2D eigenvalue weighted by Crippen LogP contribution is 2.43. The molecule has 1 aromatic heterocycles. The van der Waals surface area contributed by atoms with Crippen molar-refractivity contribution >= 4 is 33.9 Å². The van der Waals surface area contributed by atoms with Crippen molar-refractivity contribution in [3.63, 3.8) is 0 Å². The Morgan fingerprint density at radius 2 is 2.00 bits per heavy atom. The van der Waals surface area contributed by atoms with Gasteiger partial charge in [-0.3, -0.25) is 4.68 Å². The van der Waals surface area contributed by atoms with Gasteiger partial charge in [0.1, 0.15) is 11.4 Å². The molecule has 0 aliphatic carbocycles. The standard InChI is InChI=1S/C18H14ClN3O2S/c1-22-17(18(23)24-2)16-15(20-22)13-8-3-4-9-14(13)25(21-16)12-7-5-6-11(19)10-12/h3-10H,1-2H3. The van der Waals surface area contributed by atoms with Gasteiger partial charge in [-0.2, -0.15) is 5.10 Å². The first-order chi connectivity index (χ1) is 12.1. The summed E-state index contributed by atoms with van der Waals surface area (Å²) in [6.07, 6.45) is 0. The van der Waals surface area contributed by atoms with Gasteiger partial charge in [0.15, 0.2) is 5.69 Å². The van der Waals surface area contributed by atoms with Crippen molar-refractivity contribution in [2.24, 2.45) is 11.4 Å². The van der Waals surface area contributed by atoms with Crippen LogP contribution >= 0.6 is 11.6 Å². The fraction of sp³-hybridized carbons (Fsp3) is 0.111. The quantitative estimate of drug-likeness (QED) is 0.491. The second kappa shape index (κ2) is 6.13. The molecular weight excluding hydrogens is 358 g/mol. The van der Waals surface area contributed by atoms with Gasteiger partial charge in [0.2, 0.25) is 0 Å². The second-order valence-electron chi connectivity index (χ2n) is 5.49. The molecule has 2 aromatic carbocycles. The summed E-state index contributed by atoms with van der Waals surface area (Å²) in [5, 5.41) is 5.16. The third-order valence-electron chi connectivity index (χ3n) is 3.95. The van der Waals surface area contributed by atoms with E-state index in [1.807, 2.05) is 48.5 Å². The van der Waals surface area contributed by atoms with Gasteiger partial charge < -0.3 is 4.74 Å². The van der Waals surface area contributed by atoms with E-state index in [1.54, 1.807) is 7.05 Å². The number of aromatic nitrogens is 2. The van der Waals surface area contributed by atoms with Gasteiger partial charge in [-0.25, -0.2) is 9.16 Å². The SMILES string of the molecule is COC(=O)c1c2c(nn1C)-c1ccccc1S(c1cccc(Cl)c1)=N2. The van der Waals surface area contributed by atoms with E-state index in [0.717, 1.165) is 15.4 Å². The Labute approximate surface area is 152 Å². The summed E-state index contributed by atoms with van der Waals surface area (Å²) >= 11 is 6.17. The summed E-state index contributed by atoms with van der Waals surface area (Å²) in [6, 6.07) is 15.6. The molecule has 126 valence electrons. The number of nitrogens with zero attached hydrogens (tertiary/aromatic N) is 3. The molecule has 1 aliphatic rings. The molecule has 4 rings (SSSR count). The number of fused-ring (bicyclic) bond motifs is 3. The van der Waals surface area contributed by atoms with E-state index in [9.17, 15) is 4.79 Å². The molecule has 7 heteroatoms. The molecule has 0 spiro atoms. The Morgan fingerprint density at radius 1 is 1.20 bits per heavy atom. The Balaban J connectivity index is 2.04. The highest BCUT2D eigenvalue weighted by molar-refractivity contribution is 7.87. The molecule has 3 aromatic rings. The molecule has 0 saturated carbocycles. The minimum atomic E-state index is -0.591. The number of halogens is 1. The predicted octanol–water partition coefficient (Wildman–Crippen LogP) is 4.39. The normalized spacial score (nSPS) is 15.1. The molecule has 25 heavy (non-hydrogen) atoms. The number of esters is 1. The lowest BCUT2D eigenvalue weighted by atomic mass is 10.1. The summed E-state index contributed by atoms with van der Waals surface area (Å²) in [5.41, 5.74) is 2.59. The maximum Gasteiger partial charge on any atom is 0.358 e. The first-order valence-corrected chi connectivity index (χ1v) is 9.12. The Kier molecular flexibility index (Phi) is 3.94. The molecule has 1 unspecified atom stereocenters. The highest BCUT2D eigenvalue weighted by Gasteiger charge is 2.29. The first-order valence-electron chi connectivity index (χ1n) is 7.56. The largest absolute Gasteiger partial charge is 0.464 e. The van der Waals surface area contributed by atoms with Crippen LogP contribution in [0.2, 0.25) is 5.02 Å². The van der Waals surface area contributed by atoms with Crippen LogP contribution in [0.15, 0.2) is 62.7 Å². The highest BCUT2D eigenvalue weighted by atomic mass is 35.5. The molecule has 0 saturated heterocycles. The van der Waals surface area contributed by atoms with Crippen molar-refractivity contribution in [1.82, 2.24) is 9.78 Å². The van der Waals surface area contributed by atoms with E-state index in [2.05, 4.69) is 5.10 Å². The van der Waals surface area contributed by atoms with Crippen molar-refractivity contribution in [3.8, 4) is 11.3 Å². The molecule has 0 radical (unpaired) electrons. The van der Waals surface area contributed by atoms with Gasteiger partial charge in [0.25, 0.3) is 0 Å². The zero-order chi connectivity index (χ0) is 17.6. The van der Waals surface area contributed by atoms with Gasteiger partial charge >= 0.3 is 5.97 Å². The van der Waals surface area contributed by atoms with Crippen LogP contribution in [0.25, 0.3) is 11.3 Å². The summed E-state index contributed by atoms with van der Waals surface area (Å²) in [6.45, 7) is 0. The van der Waals surface area contributed by atoms with Crippen molar-refractivity contribution in [2.45, 2.75) is 9.79 Å². The molecule has 0 amide bonds. The number of methoxy groups -OCH3 is 1. The molecule has 0 fully saturated rings.